The van der Waals surface area contributed by atoms with E-state index in [1.54, 1.807) is 24.3 Å². The van der Waals surface area contributed by atoms with Crippen molar-refractivity contribution in [3.8, 4) is 0 Å². The van der Waals surface area contributed by atoms with Crippen molar-refractivity contribution in [3.05, 3.63) is 65.9 Å². The maximum absolute atomic E-state index is 12.6. The number of sulfonamides is 1. The molecule has 10 heteroatoms. The van der Waals surface area contributed by atoms with Gasteiger partial charge in [-0.2, -0.15) is 13.2 Å². The number of hydrogen-bond acceptors (Lipinski definition) is 5. The fraction of sp³-hybridized carbons (Fsp3) is 0.0588. The molecule has 2 aromatic carbocycles. The molecule has 0 unspecified atom stereocenters. The van der Waals surface area contributed by atoms with Gasteiger partial charge in [0, 0.05) is 5.39 Å². The van der Waals surface area contributed by atoms with Gasteiger partial charge in [-0.05, 0) is 36.4 Å². The van der Waals surface area contributed by atoms with Gasteiger partial charge >= 0.3 is 6.18 Å². The van der Waals surface area contributed by atoms with E-state index in [0.29, 0.717) is 28.7 Å². The molecule has 0 amide bonds. The van der Waals surface area contributed by atoms with E-state index in [9.17, 15) is 21.6 Å². The van der Waals surface area contributed by atoms with Crippen molar-refractivity contribution < 1.29 is 26.8 Å². The summed E-state index contributed by atoms with van der Waals surface area (Å²) >= 11 is 0. The number of para-hydroxylation sites is 1. The van der Waals surface area contributed by atoms with Crippen LogP contribution in [-0.4, -0.2) is 24.8 Å². The van der Waals surface area contributed by atoms with Crippen molar-refractivity contribution in [2.75, 3.05) is 4.72 Å². The summed E-state index contributed by atoms with van der Waals surface area (Å²) in [6, 6.07) is 11.2. The van der Waals surface area contributed by atoms with Gasteiger partial charge in [-0.15, -0.1) is 0 Å². The lowest BCUT2D eigenvalue weighted by molar-refractivity contribution is -0.137. The van der Waals surface area contributed by atoms with Gasteiger partial charge in [-0.3, -0.25) is 4.72 Å². The Morgan fingerprint density at radius 2 is 1.74 bits per heavy atom. The van der Waals surface area contributed by atoms with Crippen molar-refractivity contribution >= 4 is 32.8 Å². The zero-order valence-electron chi connectivity index (χ0n) is 13.5. The number of anilines is 1. The molecule has 0 aliphatic rings. The van der Waals surface area contributed by atoms with Crippen LogP contribution in [0.5, 0.6) is 0 Å². The van der Waals surface area contributed by atoms with Gasteiger partial charge in [0.2, 0.25) is 0 Å². The minimum Gasteiger partial charge on any atom is -0.411 e. The highest BCUT2D eigenvalue weighted by atomic mass is 32.2. The molecule has 0 saturated heterocycles. The molecule has 0 fully saturated rings. The first-order valence-electron chi connectivity index (χ1n) is 7.48. The first-order valence-corrected chi connectivity index (χ1v) is 8.96. The Balaban J connectivity index is 1.99. The first-order chi connectivity index (χ1) is 12.7. The van der Waals surface area contributed by atoms with Crippen LogP contribution in [0, 0.1) is 0 Å². The van der Waals surface area contributed by atoms with Crippen molar-refractivity contribution in [3.63, 3.8) is 0 Å². The molecule has 0 atom stereocenters. The molecule has 6 nitrogen and oxygen atoms in total. The molecule has 0 bridgehead atoms. The van der Waals surface area contributed by atoms with Crippen molar-refractivity contribution in [1.29, 1.82) is 0 Å². The first kappa shape index (κ1) is 18.6. The molecule has 0 radical (unpaired) electrons. The van der Waals surface area contributed by atoms with E-state index >= 15 is 0 Å². The van der Waals surface area contributed by atoms with Crippen LogP contribution in [0.3, 0.4) is 0 Å². The third-order valence-corrected chi connectivity index (χ3v) is 5.05. The van der Waals surface area contributed by atoms with Gasteiger partial charge in [-0.25, -0.2) is 13.4 Å². The molecule has 1 heterocycles. The second-order valence-electron chi connectivity index (χ2n) is 5.49. The van der Waals surface area contributed by atoms with E-state index in [0.717, 1.165) is 18.3 Å². The van der Waals surface area contributed by atoms with E-state index in [-0.39, 0.29) is 10.6 Å². The minimum absolute atomic E-state index is 0.139. The Labute approximate surface area is 152 Å². The number of rotatable bonds is 4. The number of alkyl halides is 3. The van der Waals surface area contributed by atoms with Crippen molar-refractivity contribution in [2.24, 2.45) is 5.16 Å². The summed E-state index contributed by atoms with van der Waals surface area (Å²) in [4.78, 5) is 3.89. The monoisotopic (exact) mass is 395 g/mol. The summed E-state index contributed by atoms with van der Waals surface area (Å²) in [6.07, 6.45) is -3.47. The van der Waals surface area contributed by atoms with Gasteiger partial charge in [0.25, 0.3) is 10.0 Å². The Hall–Kier alpha value is -3.14. The van der Waals surface area contributed by atoms with Crippen LogP contribution in [0.15, 0.2) is 64.6 Å². The van der Waals surface area contributed by atoms with Crippen LogP contribution >= 0.6 is 0 Å². The van der Waals surface area contributed by atoms with Gasteiger partial charge in [0.05, 0.1) is 33.6 Å². The Bertz CT molecular complexity index is 1110. The van der Waals surface area contributed by atoms with E-state index in [1.165, 1.54) is 6.07 Å². The highest BCUT2D eigenvalue weighted by Gasteiger charge is 2.30. The number of nitrogens with zero attached hydrogens (tertiary/aromatic N) is 2. The highest BCUT2D eigenvalue weighted by Crippen LogP contribution is 2.30. The number of benzene rings is 2. The topological polar surface area (TPSA) is 91.7 Å². The lowest BCUT2D eigenvalue weighted by Crippen LogP contribution is -2.14. The molecule has 0 aliphatic carbocycles. The predicted octanol–water partition coefficient (Wildman–Crippen LogP) is 3.86. The number of fused-ring (bicyclic) bond motifs is 1. The highest BCUT2D eigenvalue weighted by molar-refractivity contribution is 7.92. The summed E-state index contributed by atoms with van der Waals surface area (Å²) in [7, 11) is -4.13. The zero-order chi connectivity index (χ0) is 19.7. The normalized spacial score (nSPS) is 12.6. The number of pyridine rings is 1. The molecular formula is C17H12F3N3O3S. The smallest absolute Gasteiger partial charge is 0.411 e. The SMILES string of the molecule is O=S(=O)(Nc1cccc2ccc(/C=N/O)nc12)c1ccc(C(F)(F)F)cc1. The van der Waals surface area contributed by atoms with E-state index < -0.39 is 21.8 Å². The Morgan fingerprint density at radius 3 is 2.37 bits per heavy atom. The fourth-order valence-electron chi connectivity index (χ4n) is 2.40. The molecule has 27 heavy (non-hydrogen) atoms. The number of hydrogen-bond donors (Lipinski definition) is 2. The van der Waals surface area contributed by atoms with Crippen LogP contribution in [-0.2, 0) is 16.2 Å². The standard InChI is InChI=1S/C17H12F3N3O3S/c18-17(19,20)12-5-8-14(9-6-12)27(25,26)23-15-3-1-2-11-4-7-13(10-21-24)22-16(11)15/h1-10,23-24H/b21-10+. The average molecular weight is 395 g/mol. The molecule has 3 rings (SSSR count). The number of aromatic nitrogens is 1. The molecule has 140 valence electrons. The number of oxime groups is 1. The summed E-state index contributed by atoms with van der Waals surface area (Å²) in [5, 5.41) is 12.1. The minimum atomic E-state index is -4.56. The fourth-order valence-corrected chi connectivity index (χ4v) is 3.47. The number of halogens is 3. The van der Waals surface area contributed by atoms with Crippen LogP contribution in [0.25, 0.3) is 10.9 Å². The van der Waals surface area contributed by atoms with Crippen molar-refractivity contribution in [1.82, 2.24) is 4.98 Å². The predicted molar refractivity (Wildman–Crippen MR) is 93.4 cm³/mol. The number of nitrogens with one attached hydrogen (secondary N) is 1. The summed E-state index contributed by atoms with van der Waals surface area (Å²) < 4.78 is 65.3. The van der Waals surface area contributed by atoms with Gasteiger partial charge in [0.15, 0.2) is 0 Å². The molecule has 0 aliphatic heterocycles. The quantitative estimate of drug-likeness (QED) is 0.399. The Morgan fingerprint density at radius 1 is 1.04 bits per heavy atom. The van der Waals surface area contributed by atoms with Crippen LogP contribution in [0.4, 0.5) is 18.9 Å². The van der Waals surface area contributed by atoms with E-state index in [4.69, 9.17) is 5.21 Å². The molecular weight excluding hydrogens is 383 g/mol. The largest absolute Gasteiger partial charge is 0.416 e. The van der Waals surface area contributed by atoms with Crippen LogP contribution in [0.1, 0.15) is 11.3 Å². The third-order valence-electron chi connectivity index (χ3n) is 3.67. The molecule has 1 aromatic heterocycles. The van der Waals surface area contributed by atoms with E-state index in [1.807, 2.05) is 0 Å². The average Bonchev–Trinajstić information content (AvgIpc) is 2.62. The third kappa shape index (κ3) is 4.00. The van der Waals surface area contributed by atoms with Crippen molar-refractivity contribution in [2.45, 2.75) is 11.1 Å². The van der Waals surface area contributed by atoms with Crippen LogP contribution < -0.4 is 4.72 Å². The summed E-state index contributed by atoms with van der Waals surface area (Å²) in [5.41, 5.74) is -0.210. The second-order valence-corrected chi connectivity index (χ2v) is 7.17. The Kier molecular flexibility index (Phi) is 4.75. The van der Waals surface area contributed by atoms with E-state index in [2.05, 4.69) is 14.9 Å². The molecule has 0 saturated carbocycles. The maximum atomic E-state index is 12.6. The van der Waals surface area contributed by atoms with Gasteiger partial charge in [0.1, 0.15) is 0 Å². The maximum Gasteiger partial charge on any atom is 0.416 e. The summed E-state index contributed by atoms with van der Waals surface area (Å²) in [6.45, 7) is 0. The zero-order valence-corrected chi connectivity index (χ0v) is 14.3. The van der Waals surface area contributed by atoms with Gasteiger partial charge in [-0.1, -0.05) is 23.4 Å². The molecule has 2 N–H and O–H groups in total. The van der Waals surface area contributed by atoms with Gasteiger partial charge < -0.3 is 5.21 Å². The molecule has 3 aromatic rings. The molecule has 0 spiro atoms. The second kappa shape index (κ2) is 6.88. The lowest BCUT2D eigenvalue weighted by Gasteiger charge is -2.12. The van der Waals surface area contributed by atoms with Crippen LogP contribution in [0.2, 0.25) is 0 Å². The summed E-state index contributed by atoms with van der Waals surface area (Å²) in [5.74, 6) is 0. The lowest BCUT2D eigenvalue weighted by atomic mass is 10.2.